The first-order valence-corrected chi connectivity index (χ1v) is 9.54. The summed E-state index contributed by atoms with van der Waals surface area (Å²) >= 11 is 6.11. The van der Waals surface area contributed by atoms with Crippen LogP contribution in [-0.2, 0) is 0 Å². The van der Waals surface area contributed by atoms with Gasteiger partial charge >= 0.3 is 5.97 Å². The van der Waals surface area contributed by atoms with Crippen molar-refractivity contribution >= 4 is 23.3 Å². The molecule has 1 aromatic heterocycles. The molecule has 150 valence electrons. The number of aliphatic hydroxyl groups excluding tert-OH is 1. The van der Waals surface area contributed by atoms with Crippen LogP contribution in [0.3, 0.4) is 0 Å². The van der Waals surface area contributed by atoms with Gasteiger partial charge in [-0.15, -0.1) is 0 Å². The molecule has 2 aromatic carbocycles. The van der Waals surface area contributed by atoms with Gasteiger partial charge in [0.15, 0.2) is 5.69 Å². The van der Waals surface area contributed by atoms with Gasteiger partial charge in [-0.05, 0) is 47.9 Å². The lowest BCUT2D eigenvalue weighted by molar-refractivity contribution is 0.0691. The van der Waals surface area contributed by atoms with Crippen molar-refractivity contribution in [2.45, 2.75) is 18.5 Å². The van der Waals surface area contributed by atoms with Crippen molar-refractivity contribution < 1.29 is 15.0 Å². The summed E-state index contributed by atoms with van der Waals surface area (Å²) in [4.78, 5) is 15.4. The van der Waals surface area contributed by atoms with Gasteiger partial charge in [0.25, 0.3) is 0 Å². The fraction of sp³-hybridized carbons (Fsp3) is 0.182. The lowest BCUT2D eigenvalue weighted by atomic mass is 9.93. The Bertz CT molecular complexity index is 996. The highest BCUT2D eigenvalue weighted by Gasteiger charge is 2.20. The molecule has 3 aromatic rings. The summed E-state index contributed by atoms with van der Waals surface area (Å²) in [5.41, 5.74) is 9.32. The van der Waals surface area contributed by atoms with E-state index in [2.05, 4.69) is 10.3 Å². The van der Waals surface area contributed by atoms with Gasteiger partial charge in [0.2, 0.25) is 0 Å². The summed E-state index contributed by atoms with van der Waals surface area (Å²) in [5.74, 6) is -1.24. The highest BCUT2D eigenvalue weighted by Crippen LogP contribution is 2.28. The van der Waals surface area contributed by atoms with Crippen molar-refractivity contribution in [2.75, 3.05) is 11.9 Å². The molecule has 0 aliphatic rings. The summed E-state index contributed by atoms with van der Waals surface area (Å²) in [7, 11) is 0. The van der Waals surface area contributed by atoms with Gasteiger partial charge in [-0.1, -0.05) is 41.9 Å². The van der Waals surface area contributed by atoms with Gasteiger partial charge in [0.05, 0.1) is 6.17 Å². The smallest absolute Gasteiger partial charge is 0.355 e. The lowest BCUT2D eigenvalue weighted by Gasteiger charge is -2.26. The first-order chi connectivity index (χ1) is 14.0. The Balaban J connectivity index is 1.86. The van der Waals surface area contributed by atoms with E-state index in [9.17, 15) is 15.0 Å². The number of aliphatic hydroxyl groups is 1. The number of hydrogen-bond donors (Lipinski definition) is 4. The average molecular weight is 412 g/mol. The molecule has 0 bridgehead atoms. The minimum atomic E-state index is -1.08. The SMILES string of the molecule is N[C@H](Nc1cccc(-c2cccnc2C(=O)O)c1)C(CCO)c1cccc(Cl)c1. The fourth-order valence-electron chi connectivity index (χ4n) is 3.31. The lowest BCUT2D eigenvalue weighted by Crippen LogP contribution is -2.36. The van der Waals surface area contributed by atoms with Gasteiger partial charge in [-0.3, -0.25) is 0 Å². The van der Waals surface area contributed by atoms with Gasteiger partial charge < -0.3 is 21.3 Å². The number of pyridine rings is 1. The van der Waals surface area contributed by atoms with E-state index >= 15 is 0 Å². The van der Waals surface area contributed by atoms with E-state index in [0.29, 0.717) is 22.6 Å². The number of anilines is 1. The molecule has 0 aliphatic carbocycles. The molecule has 2 atom stereocenters. The molecular formula is C22H22ClN3O3. The maximum Gasteiger partial charge on any atom is 0.355 e. The number of aromatic nitrogens is 1. The van der Waals surface area contributed by atoms with Crippen LogP contribution in [-0.4, -0.2) is 33.9 Å². The second-order valence-electron chi connectivity index (χ2n) is 6.63. The number of nitrogens with one attached hydrogen (secondary N) is 1. The van der Waals surface area contributed by atoms with Crippen LogP contribution in [0, 0.1) is 0 Å². The Labute approximate surface area is 174 Å². The molecule has 1 heterocycles. The first kappa shape index (κ1) is 20.8. The highest BCUT2D eigenvalue weighted by molar-refractivity contribution is 6.30. The number of benzene rings is 2. The van der Waals surface area contributed by atoms with Crippen molar-refractivity contribution in [3.63, 3.8) is 0 Å². The van der Waals surface area contributed by atoms with Crippen LogP contribution in [0.2, 0.25) is 5.02 Å². The molecule has 5 N–H and O–H groups in total. The standard InChI is InChI=1S/C22H22ClN3O3/c23-16-6-1-4-14(12-16)19(9-11-27)21(24)26-17-7-2-5-15(13-17)18-8-3-10-25-20(18)22(28)29/h1-8,10,12-13,19,21,26-27H,9,11,24H2,(H,28,29)/t19?,21-/m1/s1. The summed E-state index contributed by atoms with van der Waals surface area (Å²) in [5, 5.41) is 22.7. The second-order valence-corrected chi connectivity index (χ2v) is 7.07. The van der Waals surface area contributed by atoms with Crippen molar-refractivity contribution in [3.8, 4) is 11.1 Å². The molecule has 0 aliphatic heterocycles. The Morgan fingerprint density at radius 1 is 1.14 bits per heavy atom. The molecule has 29 heavy (non-hydrogen) atoms. The zero-order valence-corrected chi connectivity index (χ0v) is 16.4. The third kappa shape index (κ3) is 5.12. The maximum atomic E-state index is 11.5. The molecule has 7 heteroatoms. The Morgan fingerprint density at radius 3 is 2.66 bits per heavy atom. The molecule has 0 saturated carbocycles. The number of carboxylic acid groups (broad SMARTS) is 1. The number of rotatable bonds is 8. The van der Waals surface area contributed by atoms with Crippen molar-refractivity contribution in [1.82, 2.24) is 4.98 Å². The Morgan fingerprint density at radius 2 is 1.93 bits per heavy atom. The topological polar surface area (TPSA) is 108 Å². The molecule has 0 radical (unpaired) electrons. The van der Waals surface area contributed by atoms with Crippen LogP contribution < -0.4 is 11.1 Å². The van der Waals surface area contributed by atoms with E-state index in [1.54, 1.807) is 18.2 Å². The van der Waals surface area contributed by atoms with Crippen LogP contribution in [0.15, 0.2) is 66.9 Å². The quantitative estimate of drug-likeness (QED) is 0.418. The third-order valence-corrected chi connectivity index (χ3v) is 4.90. The average Bonchev–Trinajstić information content (AvgIpc) is 2.72. The maximum absolute atomic E-state index is 11.5. The summed E-state index contributed by atoms with van der Waals surface area (Å²) in [6.45, 7) is -0.00967. The Hall–Kier alpha value is -2.93. The number of nitrogens with zero attached hydrogens (tertiary/aromatic N) is 1. The predicted molar refractivity (Wildman–Crippen MR) is 114 cm³/mol. The van der Waals surface area contributed by atoms with E-state index in [1.807, 2.05) is 42.5 Å². The number of halogens is 1. The summed E-state index contributed by atoms with van der Waals surface area (Å²) < 4.78 is 0. The van der Waals surface area contributed by atoms with Crippen LogP contribution >= 0.6 is 11.6 Å². The van der Waals surface area contributed by atoms with Crippen LogP contribution in [0.5, 0.6) is 0 Å². The number of nitrogens with two attached hydrogens (primary N) is 1. The highest BCUT2D eigenvalue weighted by atomic mass is 35.5. The molecule has 1 unspecified atom stereocenters. The normalized spacial score (nSPS) is 12.9. The van der Waals surface area contributed by atoms with Crippen LogP contribution in [0.25, 0.3) is 11.1 Å². The number of carboxylic acids is 1. The van der Waals surface area contributed by atoms with Gasteiger partial charge in [0.1, 0.15) is 0 Å². The van der Waals surface area contributed by atoms with Crippen molar-refractivity contribution in [3.05, 3.63) is 83.1 Å². The monoisotopic (exact) mass is 411 g/mol. The van der Waals surface area contributed by atoms with Crippen LogP contribution in [0.4, 0.5) is 5.69 Å². The number of carbonyl (C=O) groups is 1. The van der Waals surface area contributed by atoms with Gasteiger partial charge in [-0.25, -0.2) is 9.78 Å². The summed E-state index contributed by atoms with van der Waals surface area (Å²) in [6, 6.07) is 18.2. The van der Waals surface area contributed by atoms with Crippen molar-refractivity contribution in [2.24, 2.45) is 5.73 Å². The van der Waals surface area contributed by atoms with Crippen molar-refractivity contribution in [1.29, 1.82) is 0 Å². The zero-order valence-electron chi connectivity index (χ0n) is 15.6. The Kier molecular flexibility index (Phi) is 6.82. The third-order valence-electron chi connectivity index (χ3n) is 4.67. The fourth-order valence-corrected chi connectivity index (χ4v) is 3.51. The summed E-state index contributed by atoms with van der Waals surface area (Å²) in [6.07, 6.45) is 1.44. The zero-order chi connectivity index (χ0) is 20.8. The van der Waals surface area contributed by atoms with Gasteiger partial charge in [0, 0.05) is 35.0 Å². The van der Waals surface area contributed by atoms with Crippen LogP contribution in [0.1, 0.15) is 28.4 Å². The molecule has 3 rings (SSSR count). The largest absolute Gasteiger partial charge is 0.476 e. The molecule has 0 saturated heterocycles. The molecule has 6 nitrogen and oxygen atoms in total. The number of hydrogen-bond acceptors (Lipinski definition) is 5. The predicted octanol–water partition coefficient (Wildman–Crippen LogP) is 3.96. The molecule has 0 amide bonds. The first-order valence-electron chi connectivity index (χ1n) is 9.17. The second kappa shape index (κ2) is 9.52. The molecule has 0 fully saturated rings. The van der Waals surface area contributed by atoms with E-state index < -0.39 is 12.1 Å². The van der Waals surface area contributed by atoms with E-state index in [-0.39, 0.29) is 18.2 Å². The van der Waals surface area contributed by atoms with E-state index in [0.717, 1.165) is 11.3 Å². The van der Waals surface area contributed by atoms with E-state index in [1.165, 1.54) is 6.20 Å². The molecular weight excluding hydrogens is 390 g/mol. The minimum Gasteiger partial charge on any atom is -0.476 e. The molecule has 0 spiro atoms. The minimum absolute atomic E-state index is 0.00830. The van der Waals surface area contributed by atoms with E-state index in [4.69, 9.17) is 17.3 Å². The number of aromatic carboxylic acids is 1. The van der Waals surface area contributed by atoms with Gasteiger partial charge in [-0.2, -0.15) is 0 Å².